The van der Waals surface area contributed by atoms with Crippen molar-refractivity contribution in [2.75, 3.05) is 0 Å². The molecule has 4 rings (SSSR count). The van der Waals surface area contributed by atoms with Crippen molar-refractivity contribution >= 4 is 15.9 Å². The molecule has 2 aromatic carbocycles. The number of hydrogen-bond donors (Lipinski definition) is 1. The van der Waals surface area contributed by atoms with Crippen LogP contribution in [0, 0.1) is 6.92 Å². The highest BCUT2D eigenvalue weighted by molar-refractivity contribution is 9.10. The summed E-state index contributed by atoms with van der Waals surface area (Å²) in [6, 6.07) is 17.6. The maximum Gasteiger partial charge on any atom is 0.173 e. The summed E-state index contributed by atoms with van der Waals surface area (Å²) in [4.78, 5) is 0. The Hall–Kier alpha value is -2.77. The molecule has 0 radical (unpaired) electrons. The molecule has 4 aromatic rings. The molecule has 0 saturated heterocycles. The molecule has 0 aliphatic heterocycles. The van der Waals surface area contributed by atoms with Crippen molar-refractivity contribution in [2.24, 2.45) is 0 Å². The Morgan fingerprint density at radius 1 is 1.11 bits per heavy atom. The van der Waals surface area contributed by atoms with E-state index in [2.05, 4.69) is 31.4 Å². The smallest absolute Gasteiger partial charge is 0.173 e. The fourth-order valence-corrected chi connectivity index (χ4v) is 3.21. The van der Waals surface area contributed by atoms with Gasteiger partial charge in [0, 0.05) is 10.0 Å². The van der Waals surface area contributed by atoms with Crippen molar-refractivity contribution in [1.82, 2.24) is 20.2 Å². The summed E-state index contributed by atoms with van der Waals surface area (Å²) >= 11 is 3.42. The summed E-state index contributed by atoms with van der Waals surface area (Å²) in [5, 5.41) is 23.2. The molecule has 0 saturated carbocycles. The maximum absolute atomic E-state index is 10.9. The van der Waals surface area contributed by atoms with E-state index in [1.807, 2.05) is 54.6 Å². The van der Waals surface area contributed by atoms with Gasteiger partial charge in [0.15, 0.2) is 5.76 Å². The van der Waals surface area contributed by atoms with Gasteiger partial charge >= 0.3 is 0 Å². The zero-order valence-electron chi connectivity index (χ0n) is 14.6. The minimum Gasteiger partial charge on any atom is -0.382 e. The minimum absolute atomic E-state index is 0.454. The van der Waals surface area contributed by atoms with E-state index >= 15 is 0 Å². The van der Waals surface area contributed by atoms with E-state index < -0.39 is 6.10 Å². The lowest BCUT2D eigenvalue weighted by Gasteiger charge is -2.08. The number of nitrogens with zero attached hydrogens (tertiary/aromatic N) is 4. The minimum atomic E-state index is -0.973. The van der Waals surface area contributed by atoms with Gasteiger partial charge in [-0.15, -0.1) is 5.10 Å². The van der Waals surface area contributed by atoms with Crippen LogP contribution in [0.5, 0.6) is 0 Å². The number of rotatable bonds is 5. The van der Waals surface area contributed by atoms with E-state index in [9.17, 15) is 5.11 Å². The lowest BCUT2D eigenvalue weighted by Crippen LogP contribution is -2.03. The molecule has 7 heteroatoms. The number of aliphatic hydroxyl groups is 1. The van der Waals surface area contributed by atoms with Gasteiger partial charge in [-0.25, -0.2) is 4.68 Å². The second-order valence-corrected chi connectivity index (χ2v) is 7.16. The number of benzene rings is 2. The number of halogens is 1. The van der Waals surface area contributed by atoms with Crippen molar-refractivity contribution in [3.8, 4) is 11.3 Å². The van der Waals surface area contributed by atoms with E-state index in [4.69, 9.17) is 4.52 Å². The van der Waals surface area contributed by atoms with Crippen molar-refractivity contribution in [2.45, 2.75) is 19.6 Å². The standard InChI is InChI=1S/C20H17BrN4O2/c1-13-18(20(27-23-13)15-7-9-16(21)10-8-15)19(26)17-12-25(24-22-17)11-14-5-3-2-4-6-14/h2-10,12,19,26H,11H2,1H3. The molecule has 0 aliphatic rings. The summed E-state index contributed by atoms with van der Waals surface area (Å²) in [5.41, 5.74) is 3.63. The number of aliphatic hydroxyl groups excluding tert-OH is 1. The third-order valence-electron chi connectivity index (χ3n) is 4.31. The topological polar surface area (TPSA) is 77.0 Å². The molecule has 1 N–H and O–H groups in total. The zero-order valence-corrected chi connectivity index (χ0v) is 16.2. The lowest BCUT2D eigenvalue weighted by molar-refractivity contribution is 0.214. The molecule has 27 heavy (non-hydrogen) atoms. The largest absolute Gasteiger partial charge is 0.382 e. The first kappa shape index (κ1) is 17.6. The Morgan fingerprint density at radius 3 is 2.59 bits per heavy atom. The van der Waals surface area contributed by atoms with Crippen molar-refractivity contribution < 1.29 is 9.63 Å². The molecule has 0 aliphatic carbocycles. The van der Waals surface area contributed by atoms with E-state index in [1.54, 1.807) is 17.8 Å². The zero-order chi connectivity index (χ0) is 18.8. The predicted octanol–water partition coefficient (Wildman–Crippen LogP) is 4.13. The first-order valence-electron chi connectivity index (χ1n) is 8.46. The highest BCUT2D eigenvalue weighted by Crippen LogP contribution is 2.34. The van der Waals surface area contributed by atoms with Gasteiger partial charge in [-0.1, -0.05) is 68.8 Å². The van der Waals surface area contributed by atoms with Crippen LogP contribution in [-0.2, 0) is 6.54 Å². The molecular weight excluding hydrogens is 408 g/mol. The van der Waals surface area contributed by atoms with Crippen molar-refractivity contribution in [3.63, 3.8) is 0 Å². The van der Waals surface area contributed by atoms with Crippen LogP contribution < -0.4 is 0 Å². The van der Waals surface area contributed by atoms with E-state index in [0.29, 0.717) is 29.3 Å². The summed E-state index contributed by atoms with van der Waals surface area (Å²) in [6.45, 7) is 2.39. The van der Waals surface area contributed by atoms with Crippen molar-refractivity contribution in [1.29, 1.82) is 0 Å². The average molecular weight is 425 g/mol. The number of aryl methyl sites for hydroxylation is 1. The van der Waals surface area contributed by atoms with E-state index in [0.717, 1.165) is 15.6 Å². The van der Waals surface area contributed by atoms with Gasteiger partial charge in [-0.05, 0) is 24.6 Å². The molecule has 0 amide bonds. The van der Waals surface area contributed by atoms with Gasteiger partial charge in [0.25, 0.3) is 0 Å². The monoisotopic (exact) mass is 424 g/mol. The molecule has 6 nitrogen and oxygen atoms in total. The van der Waals surface area contributed by atoms with Crippen LogP contribution in [0.2, 0.25) is 0 Å². The summed E-state index contributed by atoms with van der Waals surface area (Å²) in [7, 11) is 0. The first-order chi connectivity index (χ1) is 13.1. The van der Waals surface area contributed by atoms with E-state index in [1.165, 1.54) is 0 Å². The molecule has 0 spiro atoms. The molecule has 2 aromatic heterocycles. The van der Waals surface area contributed by atoms with Crippen molar-refractivity contribution in [3.05, 3.63) is 87.8 Å². The molecular formula is C20H17BrN4O2. The summed E-state index contributed by atoms with van der Waals surface area (Å²) in [5.74, 6) is 0.533. The van der Waals surface area contributed by atoms with E-state index in [-0.39, 0.29) is 0 Å². The van der Waals surface area contributed by atoms with Gasteiger partial charge in [-0.3, -0.25) is 0 Å². The Balaban J connectivity index is 1.63. The summed E-state index contributed by atoms with van der Waals surface area (Å²) < 4.78 is 8.16. The van der Waals surface area contributed by atoms with Crippen LogP contribution >= 0.6 is 15.9 Å². The molecule has 1 atom stereocenters. The molecule has 0 fully saturated rings. The third-order valence-corrected chi connectivity index (χ3v) is 4.84. The van der Waals surface area contributed by atoms with Crippen LogP contribution in [0.4, 0.5) is 0 Å². The first-order valence-corrected chi connectivity index (χ1v) is 9.25. The molecule has 0 bridgehead atoms. The Bertz CT molecular complexity index is 1040. The van der Waals surface area contributed by atoms with Gasteiger partial charge in [0.2, 0.25) is 0 Å². The Morgan fingerprint density at radius 2 is 1.85 bits per heavy atom. The van der Waals surface area contributed by atoms with Gasteiger partial charge in [0.05, 0.1) is 24.0 Å². The highest BCUT2D eigenvalue weighted by atomic mass is 79.9. The van der Waals surface area contributed by atoms with Crippen LogP contribution in [0.3, 0.4) is 0 Å². The lowest BCUT2D eigenvalue weighted by atomic mass is 10.0. The second kappa shape index (κ2) is 7.46. The second-order valence-electron chi connectivity index (χ2n) is 6.25. The Kier molecular flexibility index (Phi) is 4.87. The molecule has 1 unspecified atom stereocenters. The summed E-state index contributed by atoms with van der Waals surface area (Å²) in [6.07, 6.45) is 0.773. The fraction of sp³-hybridized carbons (Fsp3) is 0.150. The normalized spacial score (nSPS) is 12.3. The third kappa shape index (κ3) is 3.70. The van der Waals surface area contributed by atoms with Crippen LogP contribution in [0.1, 0.15) is 28.6 Å². The fourth-order valence-electron chi connectivity index (χ4n) is 2.94. The molecule has 2 heterocycles. The molecule has 136 valence electrons. The number of hydrogen-bond acceptors (Lipinski definition) is 5. The van der Waals surface area contributed by atoms with Gasteiger partial charge in [-0.2, -0.15) is 0 Å². The van der Waals surface area contributed by atoms with Gasteiger partial charge in [0.1, 0.15) is 11.8 Å². The quantitative estimate of drug-likeness (QED) is 0.520. The predicted molar refractivity (Wildman–Crippen MR) is 104 cm³/mol. The number of aromatic nitrogens is 4. The SMILES string of the molecule is Cc1noc(-c2ccc(Br)cc2)c1C(O)c1cn(Cc2ccccc2)nn1. The van der Waals surface area contributed by atoms with Gasteiger partial charge < -0.3 is 9.63 Å². The van der Waals surface area contributed by atoms with Crippen LogP contribution in [0.15, 0.2) is 69.8 Å². The van der Waals surface area contributed by atoms with Crippen LogP contribution in [-0.4, -0.2) is 25.3 Å². The highest BCUT2D eigenvalue weighted by Gasteiger charge is 2.25. The maximum atomic E-state index is 10.9. The van der Waals surface area contributed by atoms with Crippen LogP contribution in [0.25, 0.3) is 11.3 Å². The average Bonchev–Trinajstić information content (AvgIpc) is 3.30. The Labute approximate surface area is 164 Å².